The van der Waals surface area contributed by atoms with Gasteiger partial charge in [-0.3, -0.25) is 4.98 Å². The summed E-state index contributed by atoms with van der Waals surface area (Å²) in [6.45, 7) is 1.48. The molecule has 0 radical (unpaired) electrons. The lowest BCUT2D eigenvalue weighted by Crippen LogP contribution is -2.12. The lowest BCUT2D eigenvalue weighted by Gasteiger charge is -2.07. The minimum absolute atomic E-state index is 0.592. The Morgan fingerprint density at radius 3 is 2.53 bits per heavy atom. The first-order valence-electron chi connectivity index (χ1n) is 5.30. The van der Waals surface area contributed by atoms with Crippen LogP contribution in [0, 0.1) is 0 Å². The first-order chi connectivity index (χ1) is 8.27. The highest BCUT2D eigenvalue weighted by Crippen LogP contribution is 2.25. The van der Waals surface area contributed by atoms with Crippen LogP contribution in [0.4, 0.5) is 0 Å². The van der Waals surface area contributed by atoms with E-state index in [-0.39, 0.29) is 0 Å². The van der Waals surface area contributed by atoms with Crippen LogP contribution in [0.15, 0.2) is 42.7 Å². The minimum Gasteiger partial charge on any atom is -0.309 e. The van der Waals surface area contributed by atoms with Crippen molar-refractivity contribution in [1.29, 1.82) is 0 Å². The largest absolute Gasteiger partial charge is 0.309 e. The molecule has 1 aromatic carbocycles. The normalized spacial score (nSPS) is 10.5. The molecular weight excluding hydrogens is 255 g/mol. The highest BCUT2D eigenvalue weighted by Gasteiger charge is 2.03. The van der Waals surface area contributed by atoms with Gasteiger partial charge in [0.15, 0.2) is 0 Å². The summed E-state index contributed by atoms with van der Waals surface area (Å²) < 4.78 is 0. The third-order valence-corrected chi connectivity index (χ3v) is 3.28. The zero-order chi connectivity index (χ0) is 12.1. The molecule has 0 aliphatic carbocycles. The zero-order valence-electron chi connectivity index (χ0n) is 9.16. The van der Waals surface area contributed by atoms with Crippen molar-refractivity contribution in [2.75, 3.05) is 0 Å². The van der Waals surface area contributed by atoms with Gasteiger partial charge in [-0.2, -0.15) is 0 Å². The maximum atomic E-state index is 6.09. The average Bonchev–Trinajstić information content (AvgIpc) is 2.36. The summed E-state index contributed by atoms with van der Waals surface area (Å²) in [5.41, 5.74) is 2.20. The number of hydrogen-bond donors (Lipinski definition) is 1. The van der Waals surface area contributed by atoms with Crippen LogP contribution >= 0.6 is 23.2 Å². The van der Waals surface area contributed by atoms with Gasteiger partial charge in [0.05, 0.1) is 10.0 Å². The van der Waals surface area contributed by atoms with Crippen molar-refractivity contribution in [2.45, 2.75) is 13.1 Å². The molecule has 0 saturated carbocycles. The molecule has 17 heavy (non-hydrogen) atoms. The van der Waals surface area contributed by atoms with Gasteiger partial charge in [-0.05, 0) is 29.3 Å². The van der Waals surface area contributed by atoms with E-state index >= 15 is 0 Å². The van der Waals surface area contributed by atoms with E-state index in [9.17, 15) is 0 Å². The quantitative estimate of drug-likeness (QED) is 0.914. The summed E-state index contributed by atoms with van der Waals surface area (Å²) >= 11 is 12.0. The molecule has 0 bridgehead atoms. The number of hydrogen-bond acceptors (Lipinski definition) is 2. The summed E-state index contributed by atoms with van der Waals surface area (Å²) in [7, 11) is 0. The molecular formula is C13H12Cl2N2. The molecule has 1 aromatic heterocycles. The Balaban J connectivity index is 1.93. The maximum absolute atomic E-state index is 6.09. The Kier molecular flexibility index (Phi) is 4.37. The molecule has 1 heterocycles. The van der Waals surface area contributed by atoms with Crippen molar-refractivity contribution in [3.63, 3.8) is 0 Å². The molecule has 2 aromatic rings. The molecule has 2 nitrogen and oxygen atoms in total. The van der Waals surface area contributed by atoms with Gasteiger partial charge >= 0.3 is 0 Å². The fourth-order valence-corrected chi connectivity index (χ4v) is 1.91. The predicted octanol–water partition coefficient (Wildman–Crippen LogP) is 3.68. The van der Waals surface area contributed by atoms with Crippen molar-refractivity contribution in [3.8, 4) is 0 Å². The van der Waals surface area contributed by atoms with E-state index in [2.05, 4.69) is 10.3 Å². The van der Waals surface area contributed by atoms with Crippen LogP contribution in [0.3, 0.4) is 0 Å². The monoisotopic (exact) mass is 266 g/mol. The van der Waals surface area contributed by atoms with Crippen LogP contribution in [-0.2, 0) is 13.1 Å². The second-order valence-electron chi connectivity index (χ2n) is 3.67. The van der Waals surface area contributed by atoms with Crippen molar-refractivity contribution >= 4 is 23.2 Å². The van der Waals surface area contributed by atoms with Gasteiger partial charge in [-0.1, -0.05) is 35.3 Å². The van der Waals surface area contributed by atoms with Crippen molar-refractivity contribution in [1.82, 2.24) is 10.3 Å². The SMILES string of the molecule is Clc1cccc(CNCc2ccncc2)c1Cl. The number of nitrogens with zero attached hydrogens (tertiary/aromatic N) is 1. The molecule has 88 valence electrons. The third kappa shape index (κ3) is 3.43. The summed E-state index contributed by atoms with van der Waals surface area (Å²) in [5.74, 6) is 0. The average molecular weight is 267 g/mol. The van der Waals surface area contributed by atoms with Crippen molar-refractivity contribution < 1.29 is 0 Å². The Morgan fingerprint density at radius 1 is 1.00 bits per heavy atom. The summed E-state index contributed by atoms with van der Waals surface area (Å²) in [6, 6.07) is 9.61. The van der Waals surface area contributed by atoms with Crippen LogP contribution in [0.25, 0.3) is 0 Å². The van der Waals surface area contributed by atoms with E-state index in [0.29, 0.717) is 16.6 Å². The summed E-state index contributed by atoms with van der Waals surface area (Å²) in [4.78, 5) is 3.97. The molecule has 0 atom stereocenters. The summed E-state index contributed by atoms with van der Waals surface area (Å²) in [6.07, 6.45) is 3.56. The molecule has 2 rings (SSSR count). The van der Waals surface area contributed by atoms with Crippen LogP contribution in [0.1, 0.15) is 11.1 Å². The van der Waals surface area contributed by atoms with Crippen molar-refractivity contribution in [2.24, 2.45) is 0 Å². The number of benzene rings is 1. The Hall–Kier alpha value is -1.09. The Labute approximate surface area is 111 Å². The van der Waals surface area contributed by atoms with E-state index in [4.69, 9.17) is 23.2 Å². The molecule has 0 amide bonds. The fraction of sp³-hybridized carbons (Fsp3) is 0.154. The second kappa shape index (κ2) is 6.01. The van der Waals surface area contributed by atoms with Gasteiger partial charge in [0.25, 0.3) is 0 Å². The van der Waals surface area contributed by atoms with E-state index in [0.717, 1.165) is 12.1 Å². The van der Waals surface area contributed by atoms with E-state index in [1.165, 1.54) is 5.56 Å². The highest BCUT2D eigenvalue weighted by molar-refractivity contribution is 6.42. The van der Waals surface area contributed by atoms with E-state index in [1.54, 1.807) is 18.5 Å². The molecule has 0 unspecified atom stereocenters. The van der Waals surface area contributed by atoms with Crippen LogP contribution in [0.2, 0.25) is 10.0 Å². The van der Waals surface area contributed by atoms with Gasteiger partial charge < -0.3 is 5.32 Å². The third-order valence-electron chi connectivity index (χ3n) is 2.43. The Bertz CT molecular complexity index is 486. The topological polar surface area (TPSA) is 24.9 Å². The lowest BCUT2D eigenvalue weighted by atomic mass is 10.2. The van der Waals surface area contributed by atoms with Crippen LogP contribution in [-0.4, -0.2) is 4.98 Å². The number of aromatic nitrogens is 1. The van der Waals surface area contributed by atoms with Crippen LogP contribution in [0.5, 0.6) is 0 Å². The molecule has 0 fully saturated rings. The Morgan fingerprint density at radius 2 is 1.76 bits per heavy atom. The van der Waals surface area contributed by atoms with Gasteiger partial charge in [0.1, 0.15) is 0 Å². The smallest absolute Gasteiger partial charge is 0.0637 e. The fourth-order valence-electron chi connectivity index (χ4n) is 1.53. The number of halogens is 2. The molecule has 0 aliphatic rings. The molecule has 4 heteroatoms. The first kappa shape index (κ1) is 12.4. The first-order valence-corrected chi connectivity index (χ1v) is 6.05. The molecule has 0 saturated heterocycles. The van der Waals surface area contributed by atoms with Crippen LogP contribution < -0.4 is 5.32 Å². The van der Waals surface area contributed by atoms with E-state index < -0.39 is 0 Å². The number of pyridine rings is 1. The minimum atomic E-state index is 0.592. The van der Waals surface area contributed by atoms with Crippen molar-refractivity contribution in [3.05, 3.63) is 63.9 Å². The predicted molar refractivity (Wildman–Crippen MR) is 71.2 cm³/mol. The highest BCUT2D eigenvalue weighted by atomic mass is 35.5. The molecule has 0 aliphatic heterocycles. The molecule has 1 N–H and O–H groups in total. The second-order valence-corrected chi connectivity index (χ2v) is 4.46. The molecule has 0 spiro atoms. The van der Waals surface area contributed by atoms with Gasteiger partial charge in [-0.15, -0.1) is 0 Å². The maximum Gasteiger partial charge on any atom is 0.0637 e. The van der Waals surface area contributed by atoms with Gasteiger partial charge in [0, 0.05) is 25.5 Å². The standard InChI is InChI=1S/C13H12Cl2N2/c14-12-3-1-2-11(13(12)15)9-17-8-10-4-6-16-7-5-10/h1-7,17H,8-9H2. The number of rotatable bonds is 4. The van der Waals surface area contributed by atoms with Gasteiger partial charge in [0.2, 0.25) is 0 Å². The number of nitrogens with one attached hydrogen (secondary N) is 1. The zero-order valence-corrected chi connectivity index (χ0v) is 10.7. The summed E-state index contributed by atoms with van der Waals surface area (Å²) in [5, 5.41) is 4.53. The lowest BCUT2D eigenvalue weighted by molar-refractivity contribution is 0.693. The van der Waals surface area contributed by atoms with E-state index in [1.807, 2.05) is 24.3 Å². The van der Waals surface area contributed by atoms with Gasteiger partial charge in [-0.25, -0.2) is 0 Å².